The molecule has 1 N–H and O–H groups in total. The van der Waals surface area contributed by atoms with E-state index in [-0.39, 0.29) is 17.9 Å². The first-order chi connectivity index (χ1) is 8.65. The molecule has 0 spiro atoms. The maximum absolute atomic E-state index is 9.47. The lowest BCUT2D eigenvalue weighted by Gasteiger charge is -2.40. The Labute approximate surface area is 107 Å². The molecule has 0 aliphatic carbocycles. The fourth-order valence-electron chi connectivity index (χ4n) is 2.82. The summed E-state index contributed by atoms with van der Waals surface area (Å²) in [6.45, 7) is 6.65. The topological polar surface area (TPSA) is 41.9 Å². The van der Waals surface area contributed by atoms with Gasteiger partial charge < -0.3 is 14.6 Å². The lowest BCUT2D eigenvalue weighted by atomic mass is 10.0. The average Bonchev–Trinajstić information content (AvgIpc) is 2.75. The van der Waals surface area contributed by atoms with Gasteiger partial charge in [-0.15, -0.1) is 0 Å². The number of nitrogens with zero attached hydrogens (tertiary/aromatic N) is 1. The van der Waals surface area contributed by atoms with Gasteiger partial charge in [0.15, 0.2) is 0 Å². The normalized spacial score (nSPS) is 32.0. The van der Waals surface area contributed by atoms with Crippen molar-refractivity contribution in [3.05, 3.63) is 23.8 Å². The number of phenolic OH excluding ortho intramolecular Hbond substituents is 1. The van der Waals surface area contributed by atoms with Gasteiger partial charge in [-0.05, 0) is 26.0 Å². The fraction of sp³-hybridized carbons (Fsp3) is 0.571. The van der Waals surface area contributed by atoms with Crippen molar-refractivity contribution in [3.8, 4) is 11.5 Å². The highest BCUT2D eigenvalue weighted by atomic mass is 16.5. The van der Waals surface area contributed by atoms with Gasteiger partial charge in [-0.25, -0.2) is 0 Å². The van der Waals surface area contributed by atoms with Crippen LogP contribution in [0, 0.1) is 0 Å². The molecule has 0 aromatic heterocycles. The molecule has 18 heavy (non-hydrogen) atoms. The van der Waals surface area contributed by atoms with E-state index in [2.05, 4.69) is 18.7 Å². The molecule has 1 aromatic carbocycles. The molecule has 4 heteroatoms. The largest absolute Gasteiger partial charge is 0.508 e. The Kier molecular flexibility index (Phi) is 2.92. The van der Waals surface area contributed by atoms with Crippen LogP contribution in [0.15, 0.2) is 18.2 Å². The molecule has 2 heterocycles. The van der Waals surface area contributed by atoms with E-state index in [0.29, 0.717) is 12.6 Å². The van der Waals surface area contributed by atoms with Gasteiger partial charge in [0.1, 0.15) is 18.1 Å². The van der Waals surface area contributed by atoms with Crippen molar-refractivity contribution in [2.75, 3.05) is 19.8 Å². The molecule has 0 radical (unpaired) electrons. The Hall–Kier alpha value is -1.26. The third kappa shape index (κ3) is 1.95. The lowest BCUT2D eigenvalue weighted by molar-refractivity contribution is -0.0686. The maximum Gasteiger partial charge on any atom is 0.127 e. The third-order valence-electron chi connectivity index (χ3n) is 3.81. The van der Waals surface area contributed by atoms with Crippen LogP contribution >= 0.6 is 0 Å². The van der Waals surface area contributed by atoms with E-state index in [1.165, 1.54) is 5.56 Å². The van der Waals surface area contributed by atoms with E-state index in [0.717, 1.165) is 18.9 Å². The second-order valence-electron chi connectivity index (χ2n) is 5.24. The van der Waals surface area contributed by atoms with Crippen LogP contribution in [0.5, 0.6) is 11.5 Å². The van der Waals surface area contributed by atoms with Gasteiger partial charge in [0.05, 0.1) is 18.8 Å². The van der Waals surface area contributed by atoms with Crippen molar-refractivity contribution in [2.24, 2.45) is 0 Å². The van der Waals surface area contributed by atoms with Crippen molar-refractivity contribution < 1.29 is 14.6 Å². The van der Waals surface area contributed by atoms with Crippen LogP contribution in [0.25, 0.3) is 0 Å². The van der Waals surface area contributed by atoms with Gasteiger partial charge in [-0.3, -0.25) is 4.90 Å². The second-order valence-corrected chi connectivity index (χ2v) is 5.24. The number of ether oxygens (including phenoxy) is 2. The molecule has 0 saturated carbocycles. The van der Waals surface area contributed by atoms with Crippen LogP contribution in [0.2, 0.25) is 0 Å². The summed E-state index contributed by atoms with van der Waals surface area (Å²) in [6.07, 6.45) is 0.266. The molecule has 2 aliphatic heterocycles. The zero-order valence-electron chi connectivity index (χ0n) is 10.8. The molecule has 1 aromatic rings. The van der Waals surface area contributed by atoms with Gasteiger partial charge in [0.2, 0.25) is 0 Å². The van der Waals surface area contributed by atoms with Crippen LogP contribution in [-0.4, -0.2) is 41.9 Å². The van der Waals surface area contributed by atoms with E-state index >= 15 is 0 Å². The molecule has 1 fully saturated rings. The lowest BCUT2D eigenvalue weighted by Crippen LogP contribution is -2.49. The number of fused-ring (bicyclic) bond motifs is 1. The van der Waals surface area contributed by atoms with Crippen molar-refractivity contribution in [1.82, 2.24) is 4.90 Å². The Balaban J connectivity index is 1.86. The molecular weight excluding hydrogens is 230 g/mol. The van der Waals surface area contributed by atoms with E-state index in [1.54, 1.807) is 12.1 Å². The summed E-state index contributed by atoms with van der Waals surface area (Å²) in [4.78, 5) is 2.44. The van der Waals surface area contributed by atoms with Crippen molar-refractivity contribution in [1.29, 1.82) is 0 Å². The van der Waals surface area contributed by atoms with E-state index in [4.69, 9.17) is 9.47 Å². The first kappa shape index (κ1) is 11.8. The number of rotatable bonds is 1. The summed E-state index contributed by atoms with van der Waals surface area (Å²) in [6, 6.07) is 6.07. The van der Waals surface area contributed by atoms with Gasteiger partial charge in [-0.2, -0.15) is 0 Å². The van der Waals surface area contributed by atoms with E-state index < -0.39 is 0 Å². The first-order valence-corrected chi connectivity index (χ1v) is 6.48. The minimum absolute atomic E-state index is 0.262. The fourth-order valence-corrected chi connectivity index (χ4v) is 2.82. The molecule has 98 valence electrons. The second kappa shape index (κ2) is 4.44. The molecule has 3 atom stereocenters. The molecule has 0 bridgehead atoms. The van der Waals surface area contributed by atoms with Crippen LogP contribution < -0.4 is 4.74 Å². The third-order valence-corrected chi connectivity index (χ3v) is 3.81. The quantitative estimate of drug-likeness (QED) is 0.826. The highest BCUT2D eigenvalue weighted by Crippen LogP contribution is 2.39. The van der Waals surface area contributed by atoms with Crippen LogP contribution in [0.4, 0.5) is 0 Å². The summed E-state index contributed by atoms with van der Waals surface area (Å²) < 4.78 is 11.4. The summed E-state index contributed by atoms with van der Waals surface area (Å²) in [5, 5.41) is 9.47. The standard InChI is InChI=1S/C14H19NO3/c1-9-7-17-10(2)6-15(9)13-8-18-14-5-11(16)3-4-12(13)14/h3-5,9-10,13,16H,6-8H2,1-2H3. The van der Waals surface area contributed by atoms with Gasteiger partial charge in [0, 0.05) is 24.2 Å². The van der Waals surface area contributed by atoms with Crippen molar-refractivity contribution >= 4 is 0 Å². The average molecular weight is 249 g/mol. The molecular formula is C14H19NO3. The Morgan fingerprint density at radius 1 is 1.28 bits per heavy atom. The van der Waals surface area contributed by atoms with E-state index in [9.17, 15) is 5.11 Å². The minimum atomic E-state index is 0.262. The van der Waals surface area contributed by atoms with Gasteiger partial charge in [0.25, 0.3) is 0 Å². The predicted octanol–water partition coefficient (Wildman–Crippen LogP) is 1.93. The van der Waals surface area contributed by atoms with Gasteiger partial charge in [-0.1, -0.05) is 0 Å². The molecule has 3 unspecified atom stereocenters. The van der Waals surface area contributed by atoms with Crippen molar-refractivity contribution in [2.45, 2.75) is 32.0 Å². The number of morpholine rings is 1. The Morgan fingerprint density at radius 3 is 2.94 bits per heavy atom. The Bertz CT molecular complexity index is 449. The SMILES string of the molecule is CC1CN(C2COc3cc(O)ccc32)C(C)CO1. The molecule has 2 aliphatic rings. The van der Waals surface area contributed by atoms with Crippen molar-refractivity contribution in [3.63, 3.8) is 0 Å². The molecule has 0 amide bonds. The zero-order valence-corrected chi connectivity index (χ0v) is 10.8. The number of phenols is 1. The molecule has 3 rings (SSSR count). The number of hydrogen-bond acceptors (Lipinski definition) is 4. The highest BCUT2D eigenvalue weighted by molar-refractivity contribution is 5.44. The Morgan fingerprint density at radius 2 is 2.11 bits per heavy atom. The monoisotopic (exact) mass is 249 g/mol. The zero-order chi connectivity index (χ0) is 12.7. The van der Waals surface area contributed by atoms with Crippen LogP contribution in [0.1, 0.15) is 25.5 Å². The maximum atomic E-state index is 9.47. The van der Waals surface area contributed by atoms with E-state index in [1.807, 2.05) is 6.07 Å². The highest BCUT2D eigenvalue weighted by Gasteiger charge is 2.35. The molecule has 1 saturated heterocycles. The summed E-state index contributed by atoms with van der Waals surface area (Å²) in [5.74, 6) is 1.07. The predicted molar refractivity (Wildman–Crippen MR) is 67.9 cm³/mol. The minimum Gasteiger partial charge on any atom is -0.508 e. The summed E-state index contributed by atoms with van der Waals surface area (Å²) in [7, 11) is 0. The van der Waals surface area contributed by atoms with Crippen LogP contribution in [-0.2, 0) is 4.74 Å². The number of aromatic hydroxyl groups is 1. The van der Waals surface area contributed by atoms with Gasteiger partial charge >= 0.3 is 0 Å². The first-order valence-electron chi connectivity index (χ1n) is 6.48. The summed E-state index contributed by atoms with van der Waals surface area (Å²) >= 11 is 0. The molecule has 4 nitrogen and oxygen atoms in total. The smallest absolute Gasteiger partial charge is 0.127 e. The number of benzene rings is 1. The van der Waals surface area contributed by atoms with Crippen LogP contribution in [0.3, 0.4) is 0 Å². The number of hydrogen-bond donors (Lipinski definition) is 1. The summed E-state index contributed by atoms with van der Waals surface area (Å²) in [5.41, 5.74) is 1.17.